The number of anilines is 1. The quantitative estimate of drug-likeness (QED) is 0.435. The lowest BCUT2D eigenvalue weighted by atomic mass is 9.89. The number of benzene rings is 1. The van der Waals surface area contributed by atoms with E-state index in [-0.39, 0.29) is 23.2 Å². The molecule has 0 spiro atoms. The molecule has 2 aromatic rings. The fourth-order valence-electron chi connectivity index (χ4n) is 3.00. The van der Waals surface area contributed by atoms with Crippen molar-refractivity contribution < 1.29 is 14.1 Å². The fourth-order valence-corrected chi connectivity index (χ4v) is 3.32. The Morgan fingerprint density at radius 3 is 2.52 bits per heavy atom. The molecule has 1 aliphatic heterocycles. The van der Waals surface area contributed by atoms with E-state index in [1.54, 1.807) is 0 Å². The normalized spacial score (nSPS) is 15.2. The van der Waals surface area contributed by atoms with Crippen LogP contribution in [-0.4, -0.2) is 28.8 Å². The molecule has 2 heterocycles. The molecule has 1 saturated heterocycles. The second kappa shape index (κ2) is 7.26. The zero-order chi connectivity index (χ0) is 18.0. The van der Waals surface area contributed by atoms with Crippen molar-refractivity contribution in [3.63, 3.8) is 0 Å². The number of hydrogen-bond acceptors (Lipinski definition) is 5. The molecule has 1 aromatic heterocycles. The van der Waals surface area contributed by atoms with E-state index in [0.29, 0.717) is 41.8 Å². The zero-order valence-electron chi connectivity index (χ0n) is 13.2. The number of pyridine rings is 1. The van der Waals surface area contributed by atoms with Gasteiger partial charge >= 0.3 is 5.69 Å². The Morgan fingerprint density at radius 2 is 1.92 bits per heavy atom. The summed E-state index contributed by atoms with van der Waals surface area (Å²) in [7, 11) is 0. The molecule has 0 aliphatic carbocycles. The fraction of sp³-hybridized carbons (Fsp3) is 0.294. The first-order chi connectivity index (χ1) is 12.0. The van der Waals surface area contributed by atoms with Gasteiger partial charge in [-0.2, -0.15) is 0 Å². The summed E-state index contributed by atoms with van der Waals surface area (Å²) in [5, 5.41) is 11.2. The number of aromatic nitrogens is 1. The van der Waals surface area contributed by atoms with Gasteiger partial charge in [-0.25, -0.2) is 9.37 Å². The van der Waals surface area contributed by atoms with Crippen LogP contribution in [0.25, 0.3) is 0 Å². The van der Waals surface area contributed by atoms with E-state index in [9.17, 15) is 19.3 Å². The van der Waals surface area contributed by atoms with Crippen molar-refractivity contribution in [1.82, 2.24) is 4.98 Å². The summed E-state index contributed by atoms with van der Waals surface area (Å²) in [6.45, 7) is 1.01. The smallest absolute Gasteiger partial charge is 0.312 e. The number of hydrogen-bond donors (Lipinski definition) is 0. The number of carbonyl (C=O) groups excluding carboxylic acids is 1. The monoisotopic (exact) mass is 407 g/mol. The molecular formula is C17H15BrFN3O3. The maximum absolute atomic E-state index is 13.0. The van der Waals surface area contributed by atoms with Crippen molar-refractivity contribution in [3.8, 4) is 0 Å². The number of rotatable bonds is 4. The number of nitro groups is 1. The Kier molecular flexibility index (Phi) is 5.08. The van der Waals surface area contributed by atoms with Crippen LogP contribution in [-0.2, 0) is 0 Å². The molecule has 0 bridgehead atoms. The molecule has 3 rings (SSSR count). The van der Waals surface area contributed by atoms with Crippen LogP contribution in [0.1, 0.15) is 23.2 Å². The maximum atomic E-state index is 13.0. The van der Waals surface area contributed by atoms with Crippen LogP contribution in [0.2, 0.25) is 0 Å². The first kappa shape index (κ1) is 17.5. The van der Waals surface area contributed by atoms with Crippen molar-refractivity contribution in [3.05, 3.63) is 62.5 Å². The molecule has 25 heavy (non-hydrogen) atoms. The predicted molar refractivity (Wildman–Crippen MR) is 94.3 cm³/mol. The van der Waals surface area contributed by atoms with Crippen molar-refractivity contribution in [1.29, 1.82) is 0 Å². The van der Waals surface area contributed by atoms with E-state index in [1.807, 2.05) is 4.90 Å². The van der Waals surface area contributed by atoms with E-state index < -0.39 is 4.92 Å². The van der Waals surface area contributed by atoms with Gasteiger partial charge in [0, 0.05) is 41.3 Å². The molecule has 0 unspecified atom stereocenters. The lowest BCUT2D eigenvalue weighted by Crippen LogP contribution is -2.37. The highest BCUT2D eigenvalue weighted by molar-refractivity contribution is 9.10. The first-order valence-electron chi connectivity index (χ1n) is 7.80. The van der Waals surface area contributed by atoms with Crippen molar-refractivity contribution in [2.75, 3.05) is 18.0 Å². The summed E-state index contributed by atoms with van der Waals surface area (Å²) < 4.78 is 13.5. The SMILES string of the molecule is O=C(c1ccc(F)cc1)C1CCN(c2ncc(Br)cc2[N+](=O)[O-])CC1. The molecule has 0 amide bonds. The van der Waals surface area contributed by atoms with E-state index in [0.717, 1.165) is 0 Å². The van der Waals surface area contributed by atoms with Gasteiger partial charge in [0.25, 0.3) is 0 Å². The summed E-state index contributed by atoms with van der Waals surface area (Å²) in [6.07, 6.45) is 2.67. The van der Waals surface area contributed by atoms with Gasteiger partial charge in [0.1, 0.15) is 5.82 Å². The van der Waals surface area contributed by atoms with E-state index in [2.05, 4.69) is 20.9 Å². The molecule has 1 fully saturated rings. The van der Waals surface area contributed by atoms with E-state index in [1.165, 1.54) is 36.5 Å². The van der Waals surface area contributed by atoms with E-state index >= 15 is 0 Å². The average molecular weight is 408 g/mol. The summed E-state index contributed by atoms with van der Waals surface area (Å²) in [6, 6.07) is 6.96. The van der Waals surface area contributed by atoms with Gasteiger partial charge in [0.2, 0.25) is 5.82 Å². The predicted octanol–water partition coefficient (Wildman–Crippen LogP) is 3.99. The van der Waals surface area contributed by atoms with Gasteiger partial charge in [-0.1, -0.05) is 0 Å². The molecule has 130 valence electrons. The van der Waals surface area contributed by atoms with Crippen LogP contribution < -0.4 is 4.90 Å². The number of Topliss-reactive ketones (excluding diaryl/α,β-unsaturated/α-hetero) is 1. The van der Waals surface area contributed by atoms with Crippen LogP contribution in [0, 0.1) is 21.8 Å². The Balaban J connectivity index is 1.71. The number of carbonyl (C=O) groups is 1. The lowest BCUT2D eigenvalue weighted by molar-refractivity contribution is -0.384. The number of halogens is 2. The summed E-state index contributed by atoms with van der Waals surface area (Å²) in [5.74, 6) is -0.241. The second-order valence-corrected chi connectivity index (χ2v) is 6.80. The first-order valence-corrected chi connectivity index (χ1v) is 8.59. The third kappa shape index (κ3) is 3.84. The van der Waals surface area contributed by atoms with Gasteiger partial charge in [-0.05, 0) is 53.0 Å². The van der Waals surface area contributed by atoms with Gasteiger partial charge in [0.05, 0.1) is 4.92 Å². The molecule has 0 saturated carbocycles. The largest absolute Gasteiger partial charge is 0.351 e. The van der Waals surface area contributed by atoms with Gasteiger partial charge in [-0.15, -0.1) is 0 Å². The molecule has 6 nitrogen and oxygen atoms in total. The van der Waals surface area contributed by atoms with Crippen LogP contribution in [0.4, 0.5) is 15.9 Å². The van der Waals surface area contributed by atoms with Crippen LogP contribution in [0.5, 0.6) is 0 Å². The minimum Gasteiger partial charge on any atom is -0.351 e. The summed E-state index contributed by atoms with van der Waals surface area (Å²) in [5.41, 5.74) is 0.435. The second-order valence-electron chi connectivity index (χ2n) is 5.89. The summed E-state index contributed by atoms with van der Waals surface area (Å²) >= 11 is 3.19. The molecule has 1 aliphatic rings. The minimum atomic E-state index is -0.456. The van der Waals surface area contributed by atoms with Crippen LogP contribution in [0.3, 0.4) is 0 Å². The van der Waals surface area contributed by atoms with Gasteiger partial charge in [-0.3, -0.25) is 14.9 Å². The molecule has 0 N–H and O–H groups in total. The van der Waals surface area contributed by atoms with Gasteiger partial charge in [0.15, 0.2) is 5.78 Å². The highest BCUT2D eigenvalue weighted by Gasteiger charge is 2.29. The number of nitrogens with zero attached hydrogens (tertiary/aromatic N) is 3. The highest BCUT2D eigenvalue weighted by Crippen LogP contribution is 2.32. The van der Waals surface area contributed by atoms with Gasteiger partial charge < -0.3 is 4.90 Å². The van der Waals surface area contributed by atoms with Crippen molar-refractivity contribution in [2.45, 2.75) is 12.8 Å². The van der Waals surface area contributed by atoms with Crippen LogP contribution >= 0.6 is 15.9 Å². The maximum Gasteiger partial charge on any atom is 0.312 e. The van der Waals surface area contributed by atoms with Crippen molar-refractivity contribution >= 4 is 33.2 Å². The molecule has 8 heteroatoms. The minimum absolute atomic E-state index is 0.0158. The lowest BCUT2D eigenvalue weighted by Gasteiger charge is -2.31. The zero-order valence-corrected chi connectivity index (χ0v) is 14.8. The molecule has 0 atom stereocenters. The molecule has 0 radical (unpaired) electrons. The molecule has 1 aromatic carbocycles. The Hall–Kier alpha value is -2.35. The van der Waals surface area contributed by atoms with E-state index in [4.69, 9.17) is 0 Å². The topological polar surface area (TPSA) is 76.3 Å². The standard InChI is InChI=1S/C17H15BrFN3O3/c18-13-9-15(22(24)25)17(20-10-13)21-7-5-12(6-8-21)16(23)11-1-3-14(19)4-2-11/h1-4,9-10,12H,5-8H2. The third-order valence-corrected chi connectivity index (χ3v) is 4.74. The number of ketones is 1. The summed E-state index contributed by atoms with van der Waals surface area (Å²) in [4.78, 5) is 29.3. The number of piperidine rings is 1. The Morgan fingerprint density at radius 1 is 1.28 bits per heavy atom. The highest BCUT2D eigenvalue weighted by atomic mass is 79.9. The average Bonchev–Trinajstić information content (AvgIpc) is 2.62. The molecular weight excluding hydrogens is 393 g/mol. The Labute approximate surface area is 151 Å². The van der Waals surface area contributed by atoms with Crippen molar-refractivity contribution in [2.24, 2.45) is 5.92 Å². The third-order valence-electron chi connectivity index (χ3n) is 4.30. The van der Waals surface area contributed by atoms with Crippen LogP contribution in [0.15, 0.2) is 41.0 Å². The Bertz CT molecular complexity index is 805.